The molecule has 310 valence electrons. The van der Waals surface area contributed by atoms with Crippen molar-refractivity contribution in [1.82, 2.24) is 9.97 Å². The van der Waals surface area contributed by atoms with Crippen LogP contribution in [-0.4, -0.2) is 9.97 Å². The van der Waals surface area contributed by atoms with Gasteiger partial charge in [0.05, 0.1) is 16.8 Å². The Balaban J connectivity index is 1.05. The van der Waals surface area contributed by atoms with Crippen LogP contribution in [0.1, 0.15) is 47.2 Å². The van der Waals surface area contributed by atoms with Crippen LogP contribution in [0.2, 0.25) is 0 Å². The van der Waals surface area contributed by atoms with E-state index < -0.39 is 5.41 Å². The Bertz CT molecular complexity index is 3680. The first-order valence-electron chi connectivity index (χ1n) is 23.0. The number of nitrogens with zero attached hydrogens (tertiary/aromatic N) is 2. The van der Waals surface area contributed by atoms with Gasteiger partial charge in [-0.2, -0.15) is 0 Å². The maximum absolute atomic E-state index is 5.67. The molecule has 0 spiro atoms. The first-order chi connectivity index (χ1) is 32.5. The van der Waals surface area contributed by atoms with Crippen molar-refractivity contribution in [3.63, 3.8) is 0 Å². The fraction of sp³-hybridized carbons (Fsp3) is 0.0625. The lowest BCUT2D eigenvalue weighted by Crippen LogP contribution is -2.29. The van der Waals surface area contributed by atoms with Gasteiger partial charge in [0.2, 0.25) is 0 Å². The minimum Gasteiger partial charge on any atom is -0.228 e. The highest BCUT2D eigenvalue weighted by Crippen LogP contribution is 2.59. The zero-order valence-electron chi connectivity index (χ0n) is 36.8. The van der Waals surface area contributed by atoms with Crippen LogP contribution in [0.3, 0.4) is 0 Å². The summed E-state index contributed by atoms with van der Waals surface area (Å²) in [6, 6.07) is 84.2. The van der Waals surface area contributed by atoms with E-state index in [1.807, 2.05) is 0 Å². The van der Waals surface area contributed by atoms with E-state index in [2.05, 4.69) is 244 Å². The van der Waals surface area contributed by atoms with Crippen molar-refractivity contribution < 1.29 is 0 Å². The quantitative estimate of drug-likeness (QED) is 0.167. The summed E-state index contributed by atoms with van der Waals surface area (Å²) in [4.78, 5) is 11.1. The van der Waals surface area contributed by atoms with Crippen LogP contribution in [-0.2, 0) is 10.8 Å². The van der Waals surface area contributed by atoms with E-state index in [4.69, 9.17) is 9.97 Å². The Morgan fingerprint density at radius 1 is 0.333 bits per heavy atom. The number of hydrogen-bond acceptors (Lipinski definition) is 2. The molecule has 1 aromatic heterocycles. The fourth-order valence-corrected chi connectivity index (χ4v) is 11.8. The van der Waals surface area contributed by atoms with E-state index in [0.29, 0.717) is 5.82 Å². The standard InChI is InChI=1S/C64H44N2/c1-63(2)56-39-36-41-20-12-13-27-45(41)59(56)54-34-19-31-50(60(54)63)48-37-38-52(47-29-15-14-28-46(47)48)62-65-57(42-21-6-3-7-22-42)40-58(66-62)53-33-18-32-51-49-30-16-17-35-55(49)64(61(51)53,43-23-8-4-9-24-43)44-25-10-5-11-26-44/h3-40H,1-2H3. The zero-order chi connectivity index (χ0) is 44.0. The van der Waals surface area contributed by atoms with Crippen molar-refractivity contribution in [2.75, 3.05) is 0 Å². The van der Waals surface area contributed by atoms with Crippen molar-refractivity contribution in [3.05, 3.63) is 264 Å². The van der Waals surface area contributed by atoms with Gasteiger partial charge in [-0.3, -0.25) is 0 Å². The summed E-state index contributed by atoms with van der Waals surface area (Å²) < 4.78 is 0. The topological polar surface area (TPSA) is 25.8 Å². The normalized spacial score (nSPS) is 13.8. The molecule has 0 atom stereocenters. The lowest BCUT2D eigenvalue weighted by Gasteiger charge is -2.35. The molecule has 0 N–H and O–H groups in total. The highest BCUT2D eigenvalue weighted by molar-refractivity contribution is 6.08. The molecule has 2 nitrogen and oxygen atoms in total. The van der Waals surface area contributed by atoms with Gasteiger partial charge in [-0.25, -0.2) is 9.97 Å². The molecule has 0 saturated heterocycles. The highest BCUT2D eigenvalue weighted by atomic mass is 14.9. The van der Waals surface area contributed by atoms with Crippen molar-refractivity contribution in [3.8, 4) is 67.3 Å². The van der Waals surface area contributed by atoms with Crippen LogP contribution >= 0.6 is 0 Å². The molecule has 66 heavy (non-hydrogen) atoms. The summed E-state index contributed by atoms with van der Waals surface area (Å²) in [5.74, 6) is 0.699. The molecule has 0 radical (unpaired) electrons. The van der Waals surface area contributed by atoms with Crippen LogP contribution in [0.5, 0.6) is 0 Å². The Labute approximate surface area is 385 Å². The first-order valence-corrected chi connectivity index (χ1v) is 23.0. The fourth-order valence-electron chi connectivity index (χ4n) is 11.8. The molecule has 10 aromatic carbocycles. The average molecular weight is 841 g/mol. The summed E-state index contributed by atoms with van der Waals surface area (Å²) in [6.45, 7) is 4.78. The Hall–Kier alpha value is -8.20. The van der Waals surface area contributed by atoms with E-state index >= 15 is 0 Å². The van der Waals surface area contributed by atoms with Crippen molar-refractivity contribution in [1.29, 1.82) is 0 Å². The number of benzene rings is 10. The van der Waals surface area contributed by atoms with Gasteiger partial charge in [0.15, 0.2) is 5.82 Å². The van der Waals surface area contributed by atoms with Crippen LogP contribution in [0, 0.1) is 0 Å². The lowest BCUT2D eigenvalue weighted by atomic mass is 9.66. The molecule has 0 unspecified atom stereocenters. The molecule has 0 amide bonds. The van der Waals surface area contributed by atoms with Crippen LogP contribution in [0.25, 0.3) is 88.8 Å². The molecule has 0 bridgehead atoms. The van der Waals surface area contributed by atoms with Gasteiger partial charge in [0, 0.05) is 22.1 Å². The van der Waals surface area contributed by atoms with Crippen molar-refractivity contribution in [2.45, 2.75) is 24.7 Å². The molecule has 1 heterocycles. The van der Waals surface area contributed by atoms with Gasteiger partial charge in [-0.05, 0) is 100 Å². The summed E-state index contributed by atoms with van der Waals surface area (Å²) >= 11 is 0. The second-order valence-corrected chi connectivity index (χ2v) is 18.4. The zero-order valence-corrected chi connectivity index (χ0v) is 36.8. The largest absolute Gasteiger partial charge is 0.228 e. The maximum Gasteiger partial charge on any atom is 0.161 e. The summed E-state index contributed by atoms with van der Waals surface area (Å²) in [6.07, 6.45) is 0. The highest BCUT2D eigenvalue weighted by Gasteiger charge is 2.48. The first kappa shape index (κ1) is 38.3. The third-order valence-electron chi connectivity index (χ3n) is 14.6. The van der Waals surface area contributed by atoms with Gasteiger partial charge in [-0.15, -0.1) is 0 Å². The molecule has 0 aliphatic heterocycles. The smallest absolute Gasteiger partial charge is 0.161 e. The molecule has 11 aromatic rings. The number of hydrogen-bond donors (Lipinski definition) is 0. The summed E-state index contributed by atoms with van der Waals surface area (Å²) in [5, 5.41) is 4.88. The van der Waals surface area contributed by atoms with Crippen molar-refractivity contribution in [2.24, 2.45) is 0 Å². The van der Waals surface area contributed by atoms with E-state index in [9.17, 15) is 0 Å². The van der Waals surface area contributed by atoms with E-state index in [-0.39, 0.29) is 5.41 Å². The number of rotatable bonds is 6. The van der Waals surface area contributed by atoms with Crippen LogP contribution in [0.15, 0.2) is 231 Å². The number of aromatic nitrogens is 2. The van der Waals surface area contributed by atoms with Gasteiger partial charge in [0.25, 0.3) is 0 Å². The second kappa shape index (κ2) is 14.7. The molecule has 2 heteroatoms. The lowest BCUT2D eigenvalue weighted by molar-refractivity contribution is 0.662. The molecular weight excluding hydrogens is 797 g/mol. The predicted octanol–water partition coefficient (Wildman–Crippen LogP) is 16.1. The molecule has 13 rings (SSSR count). The predicted molar refractivity (Wildman–Crippen MR) is 274 cm³/mol. The van der Waals surface area contributed by atoms with Gasteiger partial charge < -0.3 is 0 Å². The monoisotopic (exact) mass is 840 g/mol. The second-order valence-electron chi connectivity index (χ2n) is 18.4. The SMILES string of the molecule is CC1(C)c2ccc3ccccc3c2-c2cccc(-c3ccc(-c4nc(-c5ccccc5)cc(-c5cccc6c5C(c5ccccc5)(c5ccccc5)c5ccccc5-6)n4)c4ccccc34)c21. The summed E-state index contributed by atoms with van der Waals surface area (Å²) in [5.41, 5.74) is 19.4. The molecule has 0 fully saturated rings. The Morgan fingerprint density at radius 3 is 1.59 bits per heavy atom. The Kier molecular flexibility index (Phi) is 8.51. The third-order valence-corrected chi connectivity index (χ3v) is 14.6. The van der Waals surface area contributed by atoms with Gasteiger partial charge in [0.1, 0.15) is 0 Å². The molecular formula is C64H44N2. The van der Waals surface area contributed by atoms with Crippen molar-refractivity contribution >= 4 is 21.5 Å². The van der Waals surface area contributed by atoms with Gasteiger partial charge in [-0.1, -0.05) is 232 Å². The number of fused-ring (bicyclic) bond motifs is 9. The Morgan fingerprint density at radius 2 is 0.864 bits per heavy atom. The summed E-state index contributed by atoms with van der Waals surface area (Å²) in [7, 11) is 0. The van der Waals surface area contributed by atoms with Crippen LogP contribution < -0.4 is 0 Å². The molecule has 0 saturated carbocycles. The van der Waals surface area contributed by atoms with Crippen LogP contribution in [0.4, 0.5) is 0 Å². The van der Waals surface area contributed by atoms with E-state index in [1.54, 1.807) is 0 Å². The minimum atomic E-state index is -0.590. The van der Waals surface area contributed by atoms with Gasteiger partial charge >= 0.3 is 0 Å². The minimum absolute atomic E-state index is 0.197. The third kappa shape index (κ3) is 5.48. The maximum atomic E-state index is 5.67. The van der Waals surface area contributed by atoms with E-state index in [0.717, 1.165) is 33.5 Å². The average Bonchev–Trinajstić information content (AvgIpc) is 3.83. The van der Waals surface area contributed by atoms with E-state index in [1.165, 1.54) is 82.9 Å². The molecule has 2 aliphatic rings. The molecule has 2 aliphatic carbocycles.